The molecular formula is C15H24IN5. The maximum absolute atomic E-state index is 5.24. The van der Waals surface area contributed by atoms with Gasteiger partial charge in [0.2, 0.25) is 0 Å². The lowest BCUT2D eigenvalue weighted by Crippen LogP contribution is -2.37. The Hall–Kier alpha value is -1.23. The SMILES string of the molecule is C#CCNC(=NCCc1cn2c(n1)CCCC2)NCC.I. The molecule has 0 fully saturated rings. The molecule has 0 amide bonds. The van der Waals surface area contributed by atoms with Crippen LogP contribution in [0.5, 0.6) is 0 Å². The molecule has 0 aromatic carbocycles. The molecule has 1 aromatic rings. The Bertz CT molecular complexity index is 477. The van der Waals surface area contributed by atoms with Crippen molar-refractivity contribution in [3.63, 3.8) is 0 Å². The van der Waals surface area contributed by atoms with Crippen molar-refractivity contribution in [2.24, 2.45) is 4.99 Å². The van der Waals surface area contributed by atoms with Gasteiger partial charge >= 0.3 is 0 Å². The molecule has 1 aliphatic heterocycles. The number of aliphatic imine (C=N–C) groups is 1. The van der Waals surface area contributed by atoms with Crippen molar-refractivity contribution in [2.45, 2.75) is 39.2 Å². The largest absolute Gasteiger partial charge is 0.357 e. The average Bonchev–Trinajstić information content (AvgIpc) is 2.87. The van der Waals surface area contributed by atoms with E-state index in [0.29, 0.717) is 6.54 Å². The van der Waals surface area contributed by atoms with Crippen molar-refractivity contribution >= 4 is 29.9 Å². The summed E-state index contributed by atoms with van der Waals surface area (Å²) in [5.74, 6) is 4.55. The Morgan fingerprint density at radius 3 is 3.05 bits per heavy atom. The van der Waals surface area contributed by atoms with E-state index >= 15 is 0 Å². The third kappa shape index (κ3) is 5.58. The first-order valence-corrected chi connectivity index (χ1v) is 7.34. The minimum atomic E-state index is 0. The van der Waals surface area contributed by atoms with E-state index in [2.05, 4.69) is 37.3 Å². The van der Waals surface area contributed by atoms with Gasteiger partial charge in [0, 0.05) is 38.7 Å². The van der Waals surface area contributed by atoms with Crippen molar-refractivity contribution in [1.29, 1.82) is 0 Å². The van der Waals surface area contributed by atoms with E-state index in [-0.39, 0.29) is 24.0 Å². The van der Waals surface area contributed by atoms with Crippen LogP contribution >= 0.6 is 24.0 Å². The van der Waals surface area contributed by atoms with Crippen molar-refractivity contribution in [3.8, 4) is 12.3 Å². The fourth-order valence-corrected chi connectivity index (χ4v) is 2.35. The number of nitrogens with zero attached hydrogens (tertiary/aromatic N) is 3. The summed E-state index contributed by atoms with van der Waals surface area (Å²) in [6.45, 7) is 5.19. The fourth-order valence-electron chi connectivity index (χ4n) is 2.35. The van der Waals surface area contributed by atoms with Crippen LogP contribution in [0.1, 0.15) is 31.3 Å². The van der Waals surface area contributed by atoms with Crippen LogP contribution in [0, 0.1) is 12.3 Å². The van der Waals surface area contributed by atoms with Gasteiger partial charge in [-0.1, -0.05) is 5.92 Å². The van der Waals surface area contributed by atoms with Gasteiger partial charge in [-0.15, -0.1) is 30.4 Å². The van der Waals surface area contributed by atoms with Gasteiger partial charge in [-0.05, 0) is 19.8 Å². The van der Waals surface area contributed by atoms with E-state index in [1.807, 2.05) is 6.92 Å². The van der Waals surface area contributed by atoms with Gasteiger partial charge in [0.25, 0.3) is 0 Å². The zero-order valence-electron chi connectivity index (χ0n) is 12.6. The van der Waals surface area contributed by atoms with Gasteiger partial charge in [-0.25, -0.2) is 4.98 Å². The number of aromatic nitrogens is 2. The van der Waals surface area contributed by atoms with Crippen LogP contribution in [-0.2, 0) is 19.4 Å². The first kappa shape index (κ1) is 17.8. The summed E-state index contributed by atoms with van der Waals surface area (Å²) in [5.41, 5.74) is 1.14. The van der Waals surface area contributed by atoms with Crippen LogP contribution in [0.2, 0.25) is 0 Å². The standard InChI is InChI=1S/C15H23N5.HI/c1-3-9-17-15(16-4-2)18-10-8-13-12-20-11-6-5-7-14(20)19-13;/h1,12H,4-11H2,2H3,(H2,16,17,18);1H. The predicted octanol–water partition coefficient (Wildman–Crippen LogP) is 1.57. The van der Waals surface area contributed by atoms with E-state index < -0.39 is 0 Å². The molecule has 0 unspecified atom stereocenters. The van der Waals surface area contributed by atoms with Gasteiger partial charge in [0.05, 0.1) is 12.2 Å². The summed E-state index contributed by atoms with van der Waals surface area (Å²) in [4.78, 5) is 9.18. The lowest BCUT2D eigenvalue weighted by atomic mass is 10.2. The lowest BCUT2D eigenvalue weighted by molar-refractivity contribution is 0.522. The molecular weight excluding hydrogens is 377 g/mol. The second-order valence-electron chi connectivity index (χ2n) is 4.87. The molecule has 0 saturated carbocycles. The molecule has 21 heavy (non-hydrogen) atoms. The van der Waals surface area contributed by atoms with E-state index in [4.69, 9.17) is 6.42 Å². The number of fused-ring (bicyclic) bond motifs is 1. The molecule has 2 rings (SSSR count). The van der Waals surface area contributed by atoms with Gasteiger partial charge in [0.15, 0.2) is 5.96 Å². The van der Waals surface area contributed by atoms with Crippen molar-refractivity contribution in [2.75, 3.05) is 19.6 Å². The van der Waals surface area contributed by atoms with Gasteiger partial charge in [-0.2, -0.15) is 0 Å². The minimum absolute atomic E-state index is 0. The Morgan fingerprint density at radius 1 is 1.48 bits per heavy atom. The molecule has 5 nitrogen and oxygen atoms in total. The first-order valence-electron chi connectivity index (χ1n) is 7.34. The quantitative estimate of drug-likeness (QED) is 0.341. The molecule has 0 atom stereocenters. The molecule has 116 valence electrons. The molecule has 0 radical (unpaired) electrons. The third-order valence-corrected chi connectivity index (χ3v) is 3.30. The summed E-state index contributed by atoms with van der Waals surface area (Å²) >= 11 is 0. The molecule has 0 saturated heterocycles. The normalized spacial score (nSPS) is 13.8. The van der Waals surface area contributed by atoms with Gasteiger partial charge in [-0.3, -0.25) is 4.99 Å². The van der Waals surface area contributed by atoms with Crippen molar-refractivity contribution in [3.05, 3.63) is 17.7 Å². The molecule has 6 heteroatoms. The number of halogens is 1. The highest BCUT2D eigenvalue weighted by atomic mass is 127. The number of imidazole rings is 1. The highest BCUT2D eigenvalue weighted by molar-refractivity contribution is 14.0. The number of aryl methyl sites for hydroxylation is 2. The summed E-state index contributed by atoms with van der Waals surface area (Å²) in [7, 11) is 0. The van der Waals surface area contributed by atoms with Crippen molar-refractivity contribution in [1.82, 2.24) is 20.2 Å². The van der Waals surface area contributed by atoms with E-state index in [1.54, 1.807) is 0 Å². The van der Waals surface area contributed by atoms with Gasteiger partial charge < -0.3 is 15.2 Å². The summed E-state index contributed by atoms with van der Waals surface area (Å²) < 4.78 is 2.28. The number of nitrogens with one attached hydrogen (secondary N) is 2. The number of hydrogen-bond acceptors (Lipinski definition) is 2. The molecule has 0 aliphatic carbocycles. The summed E-state index contributed by atoms with van der Waals surface area (Å²) in [5, 5.41) is 6.25. The Morgan fingerprint density at radius 2 is 2.33 bits per heavy atom. The topological polar surface area (TPSA) is 54.2 Å². The van der Waals surface area contributed by atoms with Crippen LogP contribution in [0.25, 0.3) is 0 Å². The molecule has 1 aromatic heterocycles. The highest BCUT2D eigenvalue weighted by Crippen LogP contribution is 2.14. The van der Waals surface area contributed by atoms with Crippen LogP contribution < -0.4 is 10.6 Å². The molecule has 0 spiro atoms. The fraction of sp³-hybridized carbons (Fsp3) is 0.600. The monoisotopic (exact) mass is 401 g/mol. The highest BCUT2D eigenvalue weighted by Gasteiger charge is 2.11. The maximum atomic E-state index is 5.24. The van der Waals surface area contributed by atoms with E-state index in [1.165, 1.54) is 18.7 Å². The van der Waals surface area contributed by atoms with Gasteiger partial charge in [0.1, 0.15) is 5.82 Å². The first-order chi connectivity index (χ1) is 9.83. The molecule has 1 aliphatic rings. The molecule has 2 heterocycles. The Labute approximate surface area is 144 Å². The van der Waals surface area contributed by atoms with Crippen LogP contribution in [0.3, 0.4) is 0 Å². The molecule has 2 N–H and O–H groups in total. The summed E-state index contributed by atoms with van der Waals surface area (Å²) in [6.07, 6.45) is 11.9. The van der Waals surface area contributed by atoms with Crippen LogP contribution in [0.4, 0.5) is 0 Å². The van der Waals surface area contributed by atoms with E-state index in [9.17, 15) is 0 Å². The second kappa shape index (κ2) is 9.66. The van der Waals surface area contributed by atoms with Crippen LogP contribution in [0.15, 0.2) is 11.2 Å². The zero-order valence-corrected chi connectivity index (χ0v) is 14.9. The number of hydrogen-bond donors (Lipinski definition) is 2. The number of guanidine groups is 1. The minimum Gasteiger partial charge on any atom is -0.357 e. The Kier molecular flexibility index (Phi) is 8.20. The summed E-state index contributed by atoms with van der Waals surface area (Å²) in [6, 6.07) is 0. The number of terminal acetylenes is 1. The lowest BCUT2D eigenvalue weighted by Gasteiger charge is -2.11. The van der Waals surface area contributed by atoms with Crippen LogP contribution in [-0.4, -0.2) is 35.1 Å². The second-order valence-corrected chi connectivity index (χ2v) is 4.87. The smallest absolute Gasteiger partial charge is 0.192 e. The average molecular weight is 401 g/mol. The number of rotatable bonds is 5. The van der Waals surface area contributed by atoms with Crippen molar-refractivity contribution < 1.29 is 0 Å². The molecule has 0 bridgehead atoms. The maximum Gasteiger partial charge on any atom is 0.192 e. The zero-order chi connectivity index (χ0) is 14.2. The van der Waals surface area contributed by atoms with E-state index in [0.717, 1.165) is 44.1 Å². The Balaban J connectivity index is 0.00000220. The predicted molar refractivity (Wildman–Crippen MR) is 97.1 cm³/mol. The third-order valence-electron chi connectivity index (χ3n) is 3.30.